The minimum absolute atomic E-state index is 0.118. The van der Waals surface area contributed by atoms with Gasteiger partial charge in [-0.25, -0.2) is 4.79 Å². The highest BCUT2D eigenvalue weighted by Crippen LogP contribution is 2.42. The average Bonchev–Trinajstić information content (AvgIpc) is 0.748. The molecule has 22 N–H and O–H groups in total. The highest BCUT2D eigenvalue weighted by molar-refractivity contribution is 5.77. The summed E-state index contributed by atoms with van der Waals surface area (Å²) >= 11 is 0. The summed E-state index contributed by atoms with van der Waals surface area (Å²) in [6.45, 7) is 1.26. The van der Waals surface area contributed by atoms with E-state index in [0.717, 1.165) is 78.1 Å². The van der Waals surface area contributed by atoms with E-state index < -0.39 is 272 Å². The van der Waals surface area contributed by atoms with E-state index in [1.165, 1.54) is 109 Å². The molecule has 38 nitrogen and oxygen atoms in total. The van der Waals surface area contributed by atoms with E-state index in [9.17, 15) is 116 Å². The van der Waals surface area contributed by atoms with Crippen molar-refractivity contribution in [2.75, 3.05) is 39.6 Å². The van der Waals surface area contributed by atoms with E-state index in [1.54, 1.807) is 6.08 Å². The van der Waals surface area contributed by atoms with Gasteiger partial charge in [0.25, 0.3) is 5.79 Å². The van der Waals surface area contributed by atoms with Gasteiger partial charge in [-0.1, -0.05) is 180 Å². The van der Waals surface area contributed by atoms with Crippen molar-refractivity contribution in [3.8, 4) is 0 Å². The first-order chi connectivity index (χ1) is 56.0. The number of carbonyl (C=O) groups excluding carboxylic acids is 3. The maximum atomic E-state index is 14.0. The molecule has 0 radical (unpaired) electrons. The molecule has 38 heteroatoms. The first-order valence-electron chi connectivity index (χ1n) is 42.5. The van der Waals surface area contributed by atoms with E-state index in [1.807, 2.05) is 0 Å². The molecule has 6 heterocycles. The predicted molar refractivity (Wildman–Crippen MR) is 410 cm³/mol. The highest BCUT2D eigenvalue weighted by atomic mass is 16.8. The van der Waals surface area contributed by atoms with E-state index in [4.69, 9.17) is 56.8 Å². The fourth-order valence-electron chi connectivity index (χ4n) is 15.7. The second-order valence-electron chi connectivity index (χ2n) is 32.1. The summed E-state index contributed by atoms with van der Waals surface area (Å²) in [6.07, 6.45) is -27.5. The maximum Gasteiger partial charge on any atom is 0.364 e. The van der Waals surface area contributed by atoms with Gasteiger partial charge in [-0.3, -0.25) is 14.4 Å². The van der Waals surface area contributed by atoms with Crippen molar-refractivity contribution in [3.63, 3.8) is 0 Å². The van der Waals surface area contributed by atoms with Crippen LogP contribution in [0.2, 0.25) is 0 Å². The lowest BCUT2D eigenvalue weighted by Gasteiger charge is -2.53. The summed E-state index contributed by atoms with van der Waals surface area (Å²) in [4.78, 5) is 53.6. The number of aliphatic hydroxyl groups is 18. The van der Waals surface area contributed by atoms with Crippen molar-refractivity contribution in [2.24, 2.45) is 0 Å². The fourth-order valence-corrected chi connectivity index (χ4v) is 15.7. The molecule has 6 fully saturated rings. The standard InChI is InChI=1S/C79H141N3O35/c1-6-8-10-12-14-16-18-20-21-23-25-27-29-31-33-35-54(93)82-46(47(90)34-32-30-28-26-24-22-19-17-15-13-11-9-7-2)42-106-74-65(102)63(100)67(52(40-86)110-74)112-76-66(103)71(117-79(78(104)105)36-48(91)55(80-44(4)88)70(116-79)58(95)49(92)37-83)68(53(41-87)111-76)113-73-56(81-45(5)89)69(60(97)51(39-85)108-73)114-77-72(62(99)59(96)50(38-84)109-77)115-75-64(101)61(98)57(94)43(3)107-75/h32,34,43,46-53,55-77,83-87,90-92,94-103H,6-31,33,35-42H2,1-5H3,(H,80,88)(H,81,89)(H,82,93)(H,104,105)/b34-32+/t43?,46-,47+,48?,49+,50?,51?,52?,53?,55+,56?,57+,58+,59-,60-,61?,62-,63+,64-,65?,66?,67+,68-,69+,70?,71+,72?,73-,74+,75+,76-,77-,79-/m0/s1. The number of hydrogen-bond acceptors (Lipinski definition) is 34. The molecule has 0 spiro atoms. The van der Waals surface area contributed by atoms with E-state index in [0.29, 0.717) is 12.8 Å². The number of amides is 3. The summed E-state index contributed by atoms with van der Waals surface area (Å²) in [5, 5.41) is 221. The molecule has 6 saturated heterocycles. The summed E-state index contributed by atoms with van der Waals surface area (Å²) in [7, 11) is 0. The number of rotatable bonds is 54. The van der Waals surface area contributed by atoms with Crippen molar-refractivity contribution in [3.05, 3.63) is 12.2 Å². The average molecular weight is 1690 g/mol. The maximum absolute atomic E-state index is 14.0. The molecule has 6 aliphatic rings. The Morgan fingerprint density at radius 2 is 0.906 bits per heavy atom. The molecule has 33 atom stereocenters. The Balaban J connectivity index is 1.27. The Kier molecular flexibility index (Phi) is 46.2. The van der Waals surface area contributed by atoms with Gasteiger partial charge in [-0.05, 0) is 26.2 Å². The third kappa shape index (κ3) is 30.4. The smallest absolute Gasteiger partial charge is 0.364 e. The van der Waals surface area contributed by atoms with Crippen molar-refractivity contribution >= 4 is 23.7 Å². The van der Waals surface area contributed by atoms with Crippen molar-refractivity contribution in [1.29, 1.82) is 0 Å². The molecule has 682 valence electrons. The molecule has 0 aromatic carbocycles. The van der Waals surface area contributed by atoms with Crippen LogP contribution < -0.4 is 16.0 Å². The molecule has 6 aliphatic heterocycles. The molecule has 0 aliphatic carbocycles. The zero-order chi connectivity index (χ0) is 86.1. The molecular weight excluding hydrogens is 1550 g/mol. The lowest BCUT2D eigenvalue weighted by Crippen LogP contribution is -2.72. The van der Waals surface area contributed by atoms with Gasteiger partial charge in [-0.15, -0.1) is 0 Å². The quantitative estimate of drug-likeness (QED) is 0.0227. The van der Waals surface area contributed by atoms with E-state index in [2.05, 4.69) is 29.8 Å². The number of carbonyl (C=O) groups is 4. The molecule has 117 heavy (non-hydrogen) atoms. The summed E-state index contributed by atoms with van der Waals surface area (Å²) < 4.78 is 72.6. The van der Waals surface area contributed by atoms with Gasteiger partial charge >= 0.3 is 5.97 Å². The van der Waals surface area contributed by atoms with Gasteiger partial charge in [0.05, 0.1) is 70.0 Å². The van der Waals surface area contributed by atoms with Gasteiger partial charge < -0.3 is 170 Å². The van der Waals surface area contributed by atoms with Crippen LogP contribution in [0.15, 0.2) is 12.2 Å². The first-order valence-corrected chi connectivity index (χ1v) is 42.5. The number of carboxylic acid groups (broad SMARTS) is 1. The van der Waals surface area contributed by atoms with Crippen LogP contribution in [0.4, 0.5) is 0 Å². The Morgan fingerprint density at radius 1 is 0.462 bits per heavy atom. The van der Waals surface area contributed by atoms with Crippen LogP contribution in [0.1, 0.15) is 221 Å². The number of allylic oxidation sites excluding steroid dienone is 1. The second kappa shape index (κ2) is 52.9. The van der Waals surface area contributed by atoms with E-state index >= 15 is 0 Å². The summed E-state index contributed by atoms with van der Waals surface area (Å²) in [5.41, 5.74) is 0. The van der Waals surface area contributed by atoms with E-state index in [-0.39, 0.29) is 6.42 Å². The number of aliphatic carboxylic acids is 1. The summed E-state index contributed by atoms with van der Waals surface area (Å²) in [6, 6.07) is -4.98. The number of unbranched alkanes of at least 4 members (excludes halogenated alkanes) is 25. The minimum Gasteiger partial charge on any atom is -0.477 e. The SMILES string of the molecule is CCCCCCCCCCCCC/C=C/[C@@H](O)[C@H](CO[C@@H]1OC(CO)[C@@H](O[C@@H]2OC(CO)[C@H](O[C@@H]3OC(CO)[C@H](O)[C@H](O[C@@H]4OC(CO)[C@H](O)[C@H](O)C4O[C@H]4OC(C)[C@@H](O)C(O)[C@@H]4O)C3NC(C)=O)[C@H](O[C@]3(C(=O)O)CC(O)[C@@H](NC(C)=O)C([C@H](O)[C@H](O)CO)O3)C2O)[C@H](O)C1O)NC(=O)CCCCCCCCCCCCCCCCC. The number of ether oxygens (including phenoxy) is 12. The third-order valence-corrected chi connectivity index (χ3v) is 22.7. The van der Waals surface area contributed by atoms with Gasteiger partial charge in [-0.2, -0.15) is 0 Å². The third-order valence-electron chi connectivity index (χ3n) is 22.7. The Morgan fingerprint density at radius 3 is 1.44 bits per heavy atom. The lowest BCUT2D eigenvalue weighted by atomic mass is 9.88. The van der Waals surface area contributed by atoms with Gasteiger partial charge in [0.15, 0.2) is 31.5 Å². The summed E-state index contributed by atoms with van der Waals surface area (Å²) in [5.74, 6) is -7.89. The molecule has 0 aromatic rings. The number of nitrogens with one attached hydrogen (secondary N) is 3. The number of hydrogen-bond donors (Lipinski definition) is 22. The number of aliphatic hydroxyl groups excluding tert-OH is 18. The normalized spacial score (nSPS) is 36.6. The predicted octanol–water partition coefficient (Wildman–Crippen LogP) is -2.19. The molecule has 0 bridgehead atoms. The Labute approximate surface area is 684 Å². The van der Waals surface area contributed by atoms with Crippen LogP contribution in [0.3, 0.4) is 0 Å². The number of carboxylic acids is 1. The zero-order valence-electron chi connectivity index (χ0n) is 68.4. The van der Waals surface area contributed by atoms with Crippen LogP contribution in [0.5, 0.6) is 0 Å². The molecule has 3 amide bonds. The topological polar surface area (TPSA) is 600 Å². The van der Waals surface area contributed by atoms with Crippen molar-refractivity contribution in [2.45, 2.75) is 423 Å². The Hall–Kier alpha value is -3.58. The minimum atomic E-state index is -3.44. The monoisotopic (exact) mass is 1690 g/mol. The van der Waals surface area contributed by atoms with Crippen LogP contribution >= 0.6 is 0 Å². The molecule has 0 aromatic heterocycles. The lowest BCUT2D eigenvalue weighted by molar-refractivity contribution is -0.405. The van der Waals surface area contributed by atoms with Crippen LogP contribution in [-0.4, -0.2) is 362 Å². The van der Waals surface area contributed by atoms with Gasteiger partial charge in [0.2, 0.25) is 17.7 Å². The second-order valence-corrected chi connectivity index (χ2v) is 32.1. The molecule has 6 rings (SSSR count). The van der Waals surface area contributed by atoms with Crippen LogP contribution in [0, 0.1) is 0 Å². The van der Waals surface area contributed by atoms with Crippen LogP contribution in [0.25, 0.3) is 0 Å². The van der Waals surface area contributed by atoms with Crippen molar-refractivity contribution < 1.29 is 173 Å². The highest BCUT2D eigenvalue weighted by Gasteiger charge is 2.63. The van der Waals surface area contributed by atoms with Gasteiger partial charge in [0.1, 0.15) is 134 Å². The fraction of sp³-hybridized carbons (Fsp3) is 0.924. The van der Waals surface area contributed by atoms with Crippen molar-refractivity contribution in [1.82, 2.24) is 16.0 Å². The van der Waals surface area contributed by atoms with Gasteiger partial charge in [0, 0.05) is 26.7 Å². The molecular formula is C79H141N3O35. The largest absolute Gasteiger partial charge is 0.477 e. The molecule has 0 saturated carbocycles. The zero-order valence-corrected chi connectivity index (χ0v) is 68.4. The molecule has 12 unspecified atom stereocenters. The van der Waals surface area contributed by atoms with Crippen LogP contribution in [-0.2, 0) is 76.0 Å². The Bertz CT molecular complexity index is 2810. The first kappa shape index (κ1) is 102.